The van der Waals surface area contributed by atoms with Crippen LogP contribution in [0, 0.1) is 0 Å². The van der Waals surface area contributed by atoms with Crippen molar-refractivity contribution in [2.45, 2.75) is 18.9 Å². The first-order valence-electron chi connectivity index (χ1n) is 8.70. The molecule has 2 heterocycles. The second-order valence-electron chi connectivity index (χ2n) is 6.56. The van der Waals surface area contributed by atoms with Crippen molar-refractivity contribution in [2.24, 2.45) is 0 Å². The molecule has 0 radical (unpaired) electrons. The van der Waals surface area contributed by atoms with Crippen molar-refractivity contribution in [3.8, 4) is 5.75 Å². The van der Waals surface area contributed by atoms with Crippen LogP contribution >= 0.6 is 11.6 Å². The molecule has 1 atom stereocenters. The Labute approximate surface area is 157 Å². The molecule has 1 unspecified atom stereocenters. The summed E-state index contributed by atoms with van der Waals surface area (Å²) in [6.07, 6.45) is 0.505. The fourth-order valence-electron chi connectivity index (χ4n) is 3.49. The lowest BCUT2D eigenvalue weighted by molar-refractivity contribution is -0.126. The summed E-state index contributed by atoms with van der Waals surface area (Å²) in [4.78, 5) is 18.6. The van der Waals surface area contributed by atoms with Crippen molar-refractivity contribution < 1.29 is 9.53 Å². The van der Waals surface area contributed by atoms with Gasteiger partial charge in [0.1, 0.15) is 18.2 Å². The summed E-state index contributed by atoms with van der Waals surface area (Å²) >= 11 is 6.16. The maximum atomic E-state index is 12.0. The minimum absolute atomic E-state index is 0.111. The lowest BCUT2D eigenvalue weighted by Gasteiger charge is -2.15. The quantitative estimate of drug-likeness (QED) is 0.688. The standard InChI is InChI=1S/C20H20ClN3O2/c1-23-13-14(12-19(23)25)20-22-16-7-3-4-8-17(16)24(20)10-11-26-18-9-5-2-6-15(18)21/h2-9,14H,10-13H2,1H3. The molecule has 1 amide bonds. The van der Waals surface area contributed by atoms with Gasteiger partial charge in [-0.25, -0.2) is 4.98 Å². The molecule has 6 heteroatoms. The Morgan fingerprint density at radius 3 is 2.73 bits per heavy atom. The number of para-hydroxylation sites is 3. The third-order valence-electron chi connectivity index (χ3n) is 4.80. The molecule has 1 saturated heterocycles. The van der Waals surface area contributed by atoms with Gasteiger partial charge in [-0.15, -0.1) is 0 Å². The van der Waals surface area contributed by atoms with Crippen LogP contribution in [-0.4, -0.2) is 40.6 Å². The maximum absolute atomic E-state index is 12.0. The fraction of sp³-hybridized carbons (Fsp3) is 0.300. The number of likely N-dealkylation sites (tertiary alicyclic amines) is 1. The highest BCUT2D eigenvalue weighted by molar-refractivity contribution is 6.32. The van der Waals surface area contributed by atoms with Gasteiger partial charge in [0.2, 0.25) is 5.91 Å². The summed E-state index contributed by atoms with van der Waals surface area (Å²) in [6.45, 7) is 1.83. The molecule has 1 aliphatic heterocycles. The summed E-state index contributed by atoms with van der Waals surface area (Å²) in [6, 6.07) is 15.5. The molecule has 1 fully saturated rings. The normalized spacial score (nSPS) is 17.2. The lowest BCUT2D eigenvalue weighted by Crippen LogP contribution is -2.19. The van der Waals surface area contributed by atoms with Gasteiger partial charge in [-0.2, -0.15) is 0 Å². The van der Waals surface area contributed by atoms with Crippen LogP contribution in [0.4, 0.5) is 0 Å². The van der Waals surface area contributed by atoms with Crippen molar-refractivity contribution in [1.29, 1.82) is 0 Å². The number of ether oxygens (including phenoxy) is 1. The zero-order chi connectivity index (χ0) is 18.1. The summed E-state index contributed by atoms with van der Waals surface area (Å²) in [5.41, 5.74) is 2.01. The molecule has 1 aromatic heterocycles. The molecule has 2 aromatic carbocycles. The predicted molar refractivity (Wildman–Crippen MR) is 102 cm³/mol. The zero-order valence-corrected chi connectivity index (χ0v) is 15.3. The first-order chi connectivity index (χ1) is 12.6. The SMILES string of the molecule is CN1CC(c2nc3ccccc3n2CCOc2ccccc2Cl)CC1=O. The average Bonchev–Trinajstić information content (AvgIpc) is 3.17. The largest absolute Gasteiger partial charge is 0.490 e. The molecule has 1 aliphatic rings. The molecule has 0 spiro atoms. The summed E-state index contributed by atoms with van der Waals surface area (Å²) < 4.78 is 8.03. The Bertz CT molecular complexity index is 953. The molecule has 4 rings (SSSR count). The van der Waals surface area contributed by atoms with Crippen LogP contribution < -0.4 is 4.74 Å². The van der Waals surface area contributed by atoms with Gasteiger partial charge in [-0.05, 0) is 24.3 Å². The van der Waals surface area contributed by atoms with E-state index in [2.05, 4.69) is 10.6 Å². The third-order valence-corrected chi connectivity index (χ3v) is 5.11. The number of fused-ring (bicyclic) bond motifs is 1. The average molecular weight is 370 g/mol. The molecule has 0 bridgehead atoms. The number of aromatic nitrogens is 2. The van der Waals surface area contributed by atoms with Crippen molar-refractivity contribution in [3.63, 3.8) is 0 Å². The Morgan fingerprint density at radius 1 is 1.19 bits per heavy atom. The first-order valence-corrected chi connectivity index (χ1v) is 9.07. The van der Waals surface area contributed by atoms with E-state index in [4.69, 9.17) is 21.3 Å². The van der Waals surface area contributed by atoms with Crippen LogP contribution in [0.3, 0.4) is 0 Å². The minimum Gasteiger partial charge on any atom is -0.490 e. The number of hydrogen-bond acceptors (Lipinski definition) is 3. The van der Waals surface area contributed by atoms with Crippen LogP contribution in [0.25, 0.3) is 11.0 Å². The second kappa shape index (κ2) is 7.00. The highest BCUT2D eigenvalue weighted by Crippen LogP contribution is 2.30. The summed E-state index contributed by atoms with van der Waals surface area (Å²) in [5, 5.41) is 0.603. The Balaban J connectivity index is 1.60. The van der Waals surface area contributed by atoms with E-state index in [1.165, 1.54) is 0 Å². The molecular formula is C20H20ClN3O2. The van der Waals surface area contributed by atoms with Crippen molar-refractivity contribution >= 4 is 28.5 Å². The second-order valence-corrected chi connectivity index (χ2v) is 6.97. The molecule has 5 nitrogen and oxygen atoms in total. The van der Waals surface area contributed by atoms with Crippen LogP contribution in [0.1, 0.15) is 18.2 Å². The minimum atomic E-state index is 0.111. The Hall–Kier alpha value is -2.53. The number of likely N-dealkylation sites (N-methyl/N-ethyl adjacent to an activating group) is 1. The van der Waals surface area contributed by atoms with E-state index in [1.54, 1.807) is 4.90 Å². The number of rotatable bonds is 5. The molecule has 0 N–H and O–H groups in total. The third kappa shape index (κ3) is 3.15. The summed E-state index contributed by atoms with van der Waals surface area (Å²) in [7, 11) is 1.84. The van der Waals surface area contributed by atoms with Gasteiger partial charge in [-0.3, -0.25) is 4.79 Å². The van der Waals surface area contributed by atoms with Gasteiger partial charge >= 0.3 is 0 Å². The van der Waals surface area contributed by atoms with Gasteiger partial charge in [-0.1, -0.05) is 35.9 Å². The molecular weight excluding hydrogens is 350 g/mol. The van der Waals surface area contributed by atoms with E-state index in [0.29, 0.717) is 36.9 Å². The first kappa shape index (κ1) is 16.9. The van der Waals surface area contributed by atoms with Crippen LogP contribution in [0.15, 0.2) is 48.5 Å². The molecule has 134 valence electrons. The van der Waals surface area contributed by atoms with E-state index >= 15 is 0 Å². The van der Waals surface area contributed by atoms with Crippen LogP contribution in [0.2, 0.25) is 5.02 Å². The zero-order valence-electron chi connectivity index (χ0n) is 14.6. The van der Waals surface area contributed by atoms with E-state index < -0.39 is 0 Å². The van der Waals surface area contributed by atoms with E-state index in [-0.39, 0.29) is 11.8 Å². The van der Waals surface area contributed by atoms with Crippen molar-refractivity contribution in [3.05, 3.63) is 59.4 Å². The van der Waals surface area contributed by atoms with Crippen molar-refractivity contribution in [2.75, 3.05) is 20.2 Å². The van der Waals surface area contributed by atoms with E-state index in [0.717, 1.165) is 16.9 Å². The molecule has 3 aromatic rings. The molecule has 0 aliphatic carbocycles. The number of carbonyl (C=O) groups is 1. The monoisotopic (exact) mass is 369 g/mol. The fourth-order valence-corrected chi connectivity index (χ4v) is 3.68. The van der Waals surface area contributed by atoms with Gasteiger partial charge in [0.25, 0.3) is 0 Å². The highest BCUT2D eigenvalue weighted by Gasteiger charge is 2.31. The Kier molecular flexibility index (Phi) is 4.55. The summed E-state index contributed by atoms with van der Waals surface area (Å²) in [5.74, 6) is 1.91. The van der Waals surface area contributed by atoms with Crippen LogP contribution in [-0.2, 0) is 11.3 Å². The topological polar surface area (TPSA) is 47.4 Å². The number of benzene rings is 2. The number of nitrogens with zero attached hydrogens (tertiary/aromatic N) is 3. The maximum Gasteiger partial charge on any atom is 0.223 e. The van der Waals surface area contributed by atoms with Crippen LogP contribution in [0.5, 0.6) is 5.75 Å². The highest BCUT2D eigenvalue weighted by atomic mass is 35.5. The number of carbonyl (C=O) groups excluding carboxylic acids is 1. The number of amides is 1. The van der Waals surface area contributed by atoms with Gasteiger partial charge in [0, 0.05) is 25.9 Å². The van der Waals surface area contributed by atoms with Gasteiger partial charge < -0.3 is 14.2 Å². The number of imidazole rings is 1. The lowest BCUT2D eigenvalue weighted by atomic mass is 10.1. The van der Waals surface area contributed by atoms with E-state index in [1.807, 2.05) is 49.5 Å². The smallest absolute Gasteiger partial charge is 0.223 e. The number of halogens is 1. The molecule has 0 saturated carbocycles. The van der Waals surface area contributed by atoms with Gasteiger partial charge in [0.15, 0.2) is 0 Å². The number of hydrogen-bond donors (Lipinski definition) is 0. The predicted octanol–water partition coefficient (Wildman–Crippen LogP) is 3.71. The van der Waals surface area contributed by atoms with Crippen molar-refractivity contribution in [1.82, 2.24) is 14.5 Å². The van der Waals surface area contributed by atoms with Gasteiger partial charge in [0.05, 0.1) is 22.6 Å². The Morgan fingerprint density at radius 2 is 1.96 bits per heavy atom. The van der Waals surface area contributed by atoms with E-state index in [9.17, 15) is 4.79 Å². The molecule has 26 heavy (non-hydrogen) atoms.